The van der Waals surface area contributed by atoms with Crippen molar-refractivity contribution in [3.8, 4) is 5.75 Å². The molecule has 1 aromatic carbocycles. The molecule has 3 rings (SSSR count). The van der Waals surface area contributed by atoms with Gasteiger partial charge in [0.2, 0.25) is 11.8 Å². The molecular weight excluding hydrogens is 316 g/mol. The summed E-state index contributed by atoms with van der Waals surface area (Å²) in [5.74, 6) is 0.940. The van der Waals surface area contributed by atoms with Crippen LogP contribution < -0.4 is 9.64 Å². The van der Waals surface area contributed by atoms with E-state index in [1.807, 2.05) is 22.8 Å². The van der Waals surface area contributed by atoms with Crippen LogP contribution in [0.1, 0.15) is 43.7 Å². The Balaban J connectivity index is 1.87. The second kappa shape index (κ2) is 7.46. The van der Waals surface area contributed by atoms with Gasteiger partial charge in [0.1, 0.15) is 5.75 Å². The van der Waals surface area contributed by atoms with Crippen LogP contribution in [0.4, 0.5) is 5.69 Å². The van der Waals surface area contributed by atoms with Crippen LogP contribution in [0.15, 0.2) is 12.1 Å². The maximum absolute atomic E-state index is 13.3. The molecule has 1 saturated heterocycles. The number of piperidine rings is 1. The summed E-state index contributed by atoms with van der Waals surface area (Å²) < 4.78 is 5.55. The molecule has 0 radical (unpaired) electrons. The van der Waals surface area contributed by atoms with Crippen molar-refractivity contribution in [2.75, 3.05) is 31.6 Å². The molecule has 25 heavy (non-hydrogen) atoms. The van der Waals surface area contributed by atoms with E-state index in [-0.39, 0.29) is 17.7 Å². The number of benzene rings is 1. The largest absolute Gasteiger partial charge is 0.495 e. The predicted octanol–water partition coefficient (Wildman–Crippen LogP) is 2.93. The molecule has 0 saturated carbocycles. The Morgan fingerprint density at radius 2 is 2.04 bits per heavy atom. The smallest absolute Gasteiger partial charge is 0.231 e. The molecule has 1 aromatic rings. The van der Waals surface area contributed by atoms with Crippen molar-refractivity contribution in [3.05, 3.63) is 23.3 Å². The summed E-state index contributed by atoms with van der Waals surface area (Å²) in [6, 6.07) is 4.02. The molecule has 136 valence electrons. The van der Waals surface area contributed by atoms with Gasteiger partial charge in [-0.15, -0.1) is 0 Å². The summed E-state index contributed by atoms with van der Waals surface area (Å²) in [6.07, 6.45) is 4.20. The quantitative estimate of drug-likeness (QED) is 0.847. The van der Waals surface area contributed by atoms with E-state index in [4.69, 9.17) is 4.74 Å². The van der Waals surface area contributed by atoms with E-state index < -0.39 is 0 Å². The molecule has 5 nitrogen and oxygen atoms in total. The molecule has 2 heterocycles. The highest BCUT2D eigenvalue weighted by Crippen LogP contribution is 2.39. The molecule has 1 fully saturated rings. The van der Waals surface area contributed by atoms with Gasteiger partial charge in [-0.05, 0) is 49.8 Å². The van der Waals surface area contributed by atoms with Crippen LogP contribution in [0, 0.1) is 12.8 Å². The first-order valence-corrected chi connectivity index (χ1v) is 9.32. The van der Waals surface area contributed by atoms with Crippen molar-refractivity contribution in [1.29, 1.82) is 0 Å². The maximum Gasteiger partial charge on any atom is 0.231 e. The molecule has 0 spiro atoms. The normalized spacial score (nSPS) is 20.2. The molecule has 0 N–H and O–H groups in total. The van der Waals surface area contributed by atoms with Crippen LogP contribution in [-0.2, 0) is 16.0 Å². The fourth-order valence-electron chi connectivity index (χ4n) is 4.09. The molecule has 2 amide bonds. The number of carbonyl (C=O) groups excluding carboxylic acids is 2. The highest BCUT2D eigenvalue weighted by molar-refractivity contribution is 5.98. The van der Waals surface area contributed by atoms with Gasteiger partial charge in [-0.25, -0.2) is 0 Å². The van der Waals surface area contributed by atoms with Crippen molar-refractivity contribution in [2.45, 2.75) is 46.0 Å². The lowest BCUT2D eigenvalue weighted by Crippen LogP contribution is -2.48. The second-order valence-corrected chi connectivity index (χ2v) is 7.04. The number of likely N-dealkylation sites (tertiary alicyclic amines) is 1. The number of methoxy groups -OCH3 is 1. The molecule has 2 aliphatic heterocycles. The molecule has 1 unspecified atom stereocenters. The Labute approximate surface area is 149 Å². The fraction of sp³-hybridized carbons (Fsp3) is 0.600. The number of nitrogens with zero attached hydrogens (tertiary/aromatic N) is 2. The summed E-state index contributed by atoms with van der Waals surface area (Å²) in [5.41, 5.74) is 3.37. The SMILES string of the molecule is CCC(=O)N1CCCC(C(=O)N2CCCc3c(C)ccc(OC)c32)C1. The number of carbonyl (C=O) groups is 2. The Morgan fingerprint density at radius 1 is 1.24 bits per heavy atom. The first-order chi connectivity index (χ1) is 12.1. The summed E-state index contributed by atoms with van der Waals surface area (Å²) >= 11 is 0. The Kier molecular flexibility index (Phi) is 5.30. The van der Waals surface area contributed by atoms with Crippen molar-refractivity contribution >= 4 is 17.5 Å². The number of fused-ring (bicyclic) bond motifs is 1. The lowest BCUT2D eigenvalue weighted by atomic mass is 9.92. The van der Waals surface area contributed by atoms with E-state index in [1.165, 1.54) is 11.1 Å². The molecule has 0 aliphatic carbocycles. The number of rotatable bonds is 3. The molecule has 1 atom stereocenters. The topological polar surface area (TPSA) is 49.9 Å². The van der Waals surface area contributed by atoms with E-state index in [2.05, 4.69) is 13.0 Å². The van der Waals surface area contributed by atoms with E-state index >= 15 is 0 Å². The molecule has 0 aromatic heterocycles. The lowest BCUT2D eigenvalue weighted by Gasteiger charge is -2.37. The Bertz CT molecular complexity index is 671. The van der Waals surface area contributed by atoms with Gasteiger partial charge in [-0.2, -0.15) is 0 Å². The minimum absolute atomic E-state index is 0.111. The molecule has 0 bridgehead atoms. The van der Waals surface area contributed by atoms with E-state index in [0.717, 1.165) is 50.2 Å². The third-order valence-corrected chi connectivity index (χ3v) is 5.47. The monoisotopic (exact) mass is 344 g/mol. The minimum Gasteiger partial charge on any atom is -0.495 e. The van der Waals surface area contributed by atoms with Crippen LogP contribution >= 0.6 is 0 Å². The van der Waals surface area contributed by atoms with Crippen LogP contribution in [0.5, 0.6) is 5.75 Å². The third kappa shape index (κ3) is 3.37. The Hall–Kier alpha value is -2.04. The third-order valence-electron chi connectivity index (χ3n) is 5.47. The number of amides is 2. The molecular formula is C20H28N2O3. The molecule has 2 aliphatic rings. The highest BCUT2D eigenvalue weighted by atomic mass is 16.5. The fourth-order valence-corrected chi connectivity index (χ4v) is 4.09. The van der Waals surface area contributed by atoms with Gasteiger partial charge in [0.25, 0.3) is 0 Å². The van der Waals surface area contributed by atoms with Crippen LogP contribution in [-0.4, -0.2) is 43.5 Å². The summed E-state index contributed by atoms with van der Waals surface area (Å²) in [6.45, 7) is 6.02. The van der Waals surface area contributed by atoms with Crippen molar-refractivity contribution < 1.29 is 14.3 Å². The van der Waals surface area contributed by atoms with E-state index in [1.54, 1.807) is 7.11 Å². The first-order valence-electron chi connectivity index (χ1n) is 9.32. The van der Waals surface area contributed by atoms with Crippen LogP contribution in [0.2, 0.25) is 0 Å². The van der Waals surface area contributed by atoms with Crippen molar-refractivity contribution in [1.82, 2.24) is 4.90 Å². The lowest BCUT2D eigenvalue weighted by molar-refractivity contribution is -0.134. The first kappa shape index (κ1) is 17.8. The number of hydrogen-bond acceptors (Lipinski definition) is 3. The van der Waals surface area contributed by atoms with Gasteiger partial charge in [0, 0.05) is 26.1 Å². The van der Waals surface area contributed by atoms with Gasteiger partial charge in [0.05, 0.1) is 18.7 Å². The van der Waals surface area contributed by atoms with Gasteiger partial charge in [-0.3, -0.25) is 9.59 Å². The zero-order chi connectivity index (χ0) is 18.0. The molecule has 5 heteroatoms. The number of aryl methyl sites for hydroxylation is 1. The Morgan fingerprint density at radius 3 is 2.76 bits per heavy atom. The van der Waals surface area contributed by atoms with Gasteiger partial charge in [-0.1, -0.05) is 13.0 Å². The average molecular weight is 344 g/mol. The average Bonchev–Trinajstić information content (AvgIpc) is 2.67. The van der Waals surface area contributed by atoms with Crippen molar-refractivity contribution in [2.24, 2.45) is 5.92 Å². The van der Waals surface area contributed by atoms with E-state index in [0.29, 0.717) is 13.0 Å². The van der Waals surface area contributed by atoms with Crippen LogP contribution in [0.3, 0.4) is 0 Å². The standard InChI is InChI=1S/C20H28N2O3/c1-4-18(23)21-11-5-7-15(13-21)20(24)22-12-6-8-16-14(2)9-10-17(25-3)19(16)22/h9-10,15H,4-8,11-13H2,1-3H3. The van der Waals surface area contributed by atoms with E-state index in [9.17, 15) is 9.59 Å². The number of ether oxygens (including phenoxy) is 1. The van der Waals surface area contributed by atoms with Crippen LogP contribution in [0.25, 0.3) is 0 Å². The zero-order valence-corrected chi connectivity index (χ0v) is 15.5. The highest BCUT2D eigenvalue weighted by Gasteiger charge is 2.34. The number of hydrogen-bond donors (Lipinski definition) is 0. The summed E-state index contributed by atoms with van der Waals surface area (Å²) in [7, 11) is 1.66. The summed E-state index contributed by atoms with van der Waals surface area (Å²) in [4.78, 5) is 29.1. The zero-order valence-electron chi connectivity index (χ0n) is 15.5. The minimum atomic E-state index is -0.111. The van der Waals surface area contributed by atoms with Gasteiger partial charge in [0.15, 0.2) is 0 Å². The van der Waals surface area contributed by atoms with Crippen molar-refractivity contribution in [3.63, 3.8) is 0 Å². The number of anilines is 1. The predicted molar refractivity (Wildman–Crippen MR) is 98.0 cm³/mol. The van der Waals surface area contributed by atoms with Gasteiger partial charge >= 0.3 is 0 Å². The van der Waals surface area contributed by atoms with Gasteiger partial charge < -0.3 is 14.5 Å². The maximum atomic E-state index is 13.3. The summed E-state index contributed by atoms with van der Waals surface area (Å²) in [5, 5.41) is 0. The second-order valence-electron chi connectivity index (χ2n) is 7.04.